The molecule has 38 heavy (non-hydrogen) atoms. The molecule has 0 unspecified atom stereocenters. The maximum atomic E-state index is 14.1. The third-order valence-electron chi connectivity index (χ3n) is 7.99. The van der Waals surface area contributed by atoms with Crippen LogP contribution in [-0.2, 0) is 23.1 Å². The standard InChI is InChI=1S/C27H30F3N5O3/c1-17-4-3-11-33(14-17)15-18-12-22(27(28,29)30)23-32-35(25(37)34(23)16-18)21-6-2-5-20(13-21)26(19-7-8-19)9-10-31-24(36)38-26/h2,5-6,12-13,16-17,19H,3-4,7-11,14-15H2,1H3,(H,31,36)/t17-,26-/m0/s1. The fourth-order valence-corrected chi connectivity index (χ4v) is 6.06. The number of piperidine rings is 1. The Balaban J connectivity index is 1.42. The van der Waals surface area contributed by atoms with Gasteiger partial charge in [-0.3, -0.25) is 4.90 Å². The lowest BCUT2D eigenvalue weighted by atomic mass is 9.84. The molecular formula is C27H30F3N5O3. The minimum Gasteiger partial charge on any atom is -0.438 e. The van der Waals surface area contributed by atoms with Crippen LogP contribution in [0.4, 0.5) is 18.0 Å². The highest BCUT2D eigenvalue weighted by Crippen LogP contribution is 2.51. The minimum atomic E-state index is -4.68. The number of nitrogens with zero attached hydrogens (tertiary/aromatic N) is 4. The number of carbonyl (C=O) groups excluding carboxylic acids is 1. The molecule has 8 nitrogen and oxygen atoms in total. The lowest BCUT2D eigenvalue weighted by molar-refractivity contribution is -0.136. The van der Waals surface area contributed by atoms with Crippen LogP contribution < -0.4 is 11.0 Å². The predicted octanol–water partition coefficient (Wildman–Crippen LogP) is 4.47. The van der Waals surface area contributed by atoms with Crippen LogP contribution in [0.1, 0.15) is 55.7 Å². The number of aromatic nitrogens is 3. The molecule has 0 bridgehead atoms. The Kier molecular flexibility index (Phi) is 6.01. The second-order valence-electron chi connectivity index (χ2n) is 10.9. The summed E-state index contributed by atoms with van der Waals surface area (Å²) in [7, 11) is 0. The molecule has 2 saturated heterocycles. The van der Waals surface area contributed by atoms with E-state index in [9.17, 15) is 22.8 Å². The molecule has 1 aliphatic carbocycles. The van der Waals surface area contributed by atoms with Crippen molar-refractivity contribution < 1.29 is 22.7 Å². The van der Waals surface area contributed by atoms with Crippen molar-refractivity contribution in [1.29, 1.82) is 0 Å². The molecule has 4 heterocycles. The largest absolute Gasteiger partial charge is 0.438 e. The first kappa shape index (κ1) is 25.0. The van der Waals surface area contributed by atoms with Gasteiger partial charge in [0.2, 0.25) is 0 Å². The Morgan fingerprint density at radius 3 is 2.71 bits per heavy atom. The van der Waals surface area contributed by atoms with Gasteiger partial charge in [0.25, 0.3) is 0 Å². The predicted molar refractivity (Wildman–Crippen MR) is 133 cm³/mol. The average molecular weight is 530 g/mol. The van der Waals surface area contributed by atoms with Crippen LogP contribution in [-0.4, -0.2) is 44.8 Å². The molecule has 1 saturated carbocycles. The summed E-state index contributed by atoms with van der Waals surface area (Å²) in [5.41, 5.74) is -1.42. The Bertz CT molecular complexity index is 1440. The highest BCUT2D eigenvalue weighted by atomic mass is 19.4. The third kappa shape index (κ3) is 4.46. The van der Waals surface area contributed by atoms with Gasteiger partial charge < -0.3 is 10.1 Å². The molecule has 3 aromatic rings. The van der Waals surface area contributed by atoms with Crippen molar-refractivity contribution in [2.45, 2.75) is 57.3 Å². The summed E-state index contributed by atoms with van der Waals surface area (Å²) < 4.78 is 50.2. The van der Waals surface area contributed by atoms with Crippen LogP contribution in [0.15, 0.2) is 41.3 Å². The van der Waals surface area contributed by atoms with E-state index >= 15 is 0 Å². The van der Waals surface area contributed by atoms with Crippen molar-refractivity contribution in [1.82, 2.24) is 24.4 Å². The fraction of sp³-hybridized carbons (Fsp3) is 0.519. The molecule has 0 spiro atoms. The van der Waals surface area contributed by atoms with Crippen molar-refractivity contribution in [3.8, 4) is 5.69 Å². The molecule has 2 aliphatic heterocycles. The monoisotopic (exact) mass is 529 g/mol. The number of amides is 1. The lowest BCUT2D eigenvalue weighted by Gasteiger charge is -2.38. The van der Waals surface area contributed by atoms with Crippen LogP contribution in [0.5, 0.6) is 0 Å². The van der Waals surface area contributed by atoms with Crippen LogP contribution in [0, 0.1) is 11.8 Å². The van der Waals surface area contributed by atoms with Gasteiger partial charge in [-0.05, 0) is 67.5 Å². The summed E-state index contributed by atoms with van der Waals surface area (Å²) in [6.45, 7) is 4.55. The molecule has 1 amide bonds. The van der Waals surface area contributed by atoms with E-state index in [1.807, 2.05) is 6.07 Å². The number of nitrogens with one attached hydrogen (secondary N) is 1. The molecular weight excluding hydrogens is 499 g/mol. The second-order valence-corrected chi connectivity index (χ2v) is 10.9. The van der Waals surface area contributed by atoms with Gasteiger partial charge in [-0.1, -0.05) is 19.1 Å². The first-order valence-electron chi connectivity index (χ1n) is 13.2. The van der Waals surface area contributed by atoms with Crippen molar-refractivity contribution >= 4 is 11.7 Å². The van der Waals surface area contributed by atoms with Gasteiger partial charge in [0.05, 0.1) is 5.69 Å². The van der Waals surface area contributed by atoms with Gasteiger partial charge >= 0.3 is 18.0 Å². The van der Waals surface area contributed by atoms with Crippen LogP contribution in [0.2, 0.25) is 0 Å². The summed E-state index contributed by atoms with van der Waals surface area (Å²) in [6.07, 6.45) is 0.804. The van der Waals surface area contributed by atoms with Crippen LogP contribution in [0.25, 0.3) is 11.3 Å². The lowest BCUT2D eigenvalue weighted by Crippen LogP contribution is -2.46. The number of carbonyl (C=O) groups is 1. The van der Waals surface area contributed by atoms with Crippen molar-refractivity contribution in [3.63, 3.8) is 0 Å². The fourth-order valence-electron chi connectivity index (χ4n) is 6.06. The zero-order valence-electron chi connectivity index (χ0n) is 21.1. The minimum absolute atomic E-state index is 0.165. The Labute approximate surface area is 217 Å². The highest BCUT2D eigenvalue weighted by molar-refractivity contribution is 5.69. The maximum absolute atomic E-state index is 14.1. The van der Waals surface area contributed by atoms with Gasteiger partial charge in [0, 0.05) is 38.2 Å². The number of halogens is 3. The first-order chi connectivity index (χ1) is 18.1. The van der Waals surface area contributed by atoms with E-state index in [4.69, 9.17) is 4.74 Å². The number of rotatable bonds is 5. The number of hydrogen-bond acceptors (Lipinski definition) is 5. The molecule has 2 atom stereocenters. The molecule has 2 aromatic heterocycles. The van der Waals surface area contributed by atoms with E-state index in [0.717, 1.165) is 53.9 Å². The topological polar surface area (TPSA) is 80.9 Å². The van der Waals surface area contributed by atoms with E-state index in [2.05, 4.69) is 22.2 Å². The van der Waals surface area contributed by atoms with Crippen LogP contribution >= 0.6 is 0 Å². The normalized spacial score (nSPS) is 24.8. The van der Waals surface area contributed by atoms with E-state index in [1.54, 1.807) is 18.2 Å². The van der Waals surface area contributed by atoms with Gasteiger partial charge in [0.15, 0.2) is 5.65 Å². The van der Waals surface area contributed by atoms with Gasteiger partial charge in [-0.25, -0.2) is 14.0 Å². The average Bonchev–Trinajstić information content (AvgIpc) is 3.68. The number of benzene rings is 1. The zero-order chi connectivity index (χ0) is 26.7. The van der Waals surface area contributed by atoms with Gasteiger partial charge in [-0.2, -0.15) is 17.9 Å². The smallest absolute Gasteiger partial charge is 0.420 e. The number of alkyl halides is 3. The maximum Gasteiger partial charge on any atom is 0.420 e. The third-order valence-corrected chi connectivity index (χ3v) is 7.99. The summed E-state index contributed by atoms with van der Waals surface area (Å²) in [4.78, 5) is 27.7. The molecule has 1 aromatic carbocycles. The second kappa shape index (κ2) is 9.14. The molecule has 1 N–H and O–H groups in total. The van der Waals surface area contributed by atoms with E-state index < -0.39 is 34.8 Å². The van der Waals surface area contributed by atoms with Gasteiger partial charge in [-0.15, -0.1) is 5.10 Å². The highest BCUT2D eigenvalue weighted by Gasteiger charge is 2.51. The SMILES string of the molecule is C[C@H]1CCCN(Cc2cc(C(F)(F)F)c3nn(-c4cccc([C@@]5(C6CC6)CCNC(=O)O5)c4)c(=O)n3c2)C1. The number of likely N-dealkylation sites (tertiary alicyclic amines) is 1. The molecule has 11 heteroatoms. The number of alkyl carbamates (subject to hydrolysis) is 1. The molecule has 6 rings (SSSR count). The number of hydrogen-bond donors (Lipinski definition) is 1. The summed E-state index contributed by atoms with van der Waals surface area (Å²) in [6, 6.07) is 7.99. The summed E-state index contributed by atoms with van der Waals surface area (Å²) in [5.74, 6) is 0.643. The van der Waals surface area contributed by atoms with E-state index in [0.29, 0.717) is 42.2 Å². The molecule has 202 valence electrons. The Morgan fingerprint density at radius 2 is 2.00 bits per heavy atom. The number of fused-ring (bicyclic) bond motifs is 1. The molecule has 0 radical (unpaired) electrons. The van der Waals surface area contributed by atoms with E-state index in [-0.39, 0.29) is 5.92 Å². The quantitative estimate of drug-likeness (QED) is 0.528. The van der Waals surface area contributed by atoms with Crippen molar-refractivity contribution in [3.05, 3.63) is 63.7 Å². The number of pyridine rings is 1. The zero-order valence-corrected chi connectivity index (χ0v) is 21.1. The van der Waals surface area contributed by atoms with Gasteiger partial charge in [0.1, 0.15) is 11.2 Å². The molecule has 3 fully saturated rings. The summed E-state index contributed by atoms with van der Waals surface area (Å²) in [5, 5.41) is 6.82. The van der Waals surface area contributed by atoms with Crippen LogP contribution in [0.3, 0.4) is 0 Å². The van der Waals surface area contributed by atoms with E-state index in [1.165, 1.54) is 6.20 Å². The van der Waals surface area contributed by atoms with Crippen molar-refractivity contribution in [2.75, 3.05) is 19.6 Å². The number of cyclic esters (lactones) is 1. The van der Waals surface area contributed by atoms with Crippen molar-refractivity contribution in [2.24, 2.45) is 11.8 Å². The first-order valence-corrected chi connectivity index (χ1v) is 13.2. The number of ether oxygens (including phenoxy) is 1. The Morgan fingerprint density at radius 1 is 1.18 bits per heavy atom. The Hall–Kier alpha value is -3.34. The summed E-state index contributed by atoms with van der Waals surface area (Å²) >= 11 is 0. The molecule has 3 aliphatic rings.